The highest BCUT2D eigenvalue weighted by Gasteiger charge is 2.09. The van der Waals surface area contributed by atoms with E-state index in [4.69, 9.17) is 5.11 Å². The number of rotatable bonds is 4. The summed E-state index contributed by atoms with van der Waals surface area (Å²) in [4.78, 5) is 13.3. The van der Waals surface area contributed by atoms with Gasteiger partial charge in [-0.1, -0.05) is 18.2 Å². The lowest BCUT2D eigenvalue weighted by Gasteiger charge is -2.15. The minimum absolute atomic E-state index is 0.00909. The van der Waals surface area contributed by atoms with E-state index in [1.165, 1.54) is 11.1 Å². The molecule has 3 heteroatoms. The number of benzene rings is 1. The number of amides is 1. The molecule has 1 aromatic rings. The highest BCUT2D eigenvalue weighted by atomic mass is 16.3. The quantitative estimate of drug-likeness (QED) is 0.832. The van der Waals surface area contributed by atoms with Gasteiger partial charge in [0.05, 0.1) is 13.0 Å². The molecule has 0 aliphatic heterocycles. The van der Waals surface area contributed by atoms with Crippen molar-refractivity contribution in [2.45, 2.75) is 20.3 Å². The maximum absolute atomic E-state index is 11.7. The zero-order valence-corrected chi connectivity index (χ0v) is 10.2. The third kappa shape index (κ3) is 3.35. The summed E-state index contributed by atoms with van der Waals surface area (Å²) in [7, 11) is 1.71. The van der Waals surface area contributed by atoms with Crippen molar-refractivity contribution in [3.63, 3.8) is 0 Å². The lowest BCUT2D eigenvalue weighted by Crippen LogP contribution is -2.30. The van der Waals surface area contributed by atoms with E-state index in [9.17, 15) is 4.79 Å². The first-order chi connectivity index (χ1) is 7.54. The van der Waals surface area contributed by atoms with E-state index in [2.05, 4.69) is 6.92 Å². The van der Waals surface area contributed by atoms with Crippen molar-refractivity contribution in [2.24, 2.45) is 0 Å². The summed E-state index contributed by atoms with van der Waals surface area (Å²) in [6, 6.07) is 6.05. The first-order valence-electron chi connectivity index (χ1n) is 5.45. The monoisotopic (exact) mass is 221 g/mol. The fraction of sp³-hybridized carbons (Fsp3) is 0.462. The molecule has 0 saturated carbocycles. The van der Waals surface area contributed by atoms with Gasteiger partial charge in [0.15, 0.2) is 0 Å². The molecule has 0 saturated heterocycles. The van der Waals surface area contributed by atoms with Crippen LogP contribution in [0.3, 0.4) is 0 Å². The van der Waals surface area contributed by atoms with Gasteiger partial charge in [-0.15, -0.1) is 0 Å². The van der Waals surface area contributed by atoms with Gasteiger partial charge in [0.2, 0.25) is 5.91 Å². The molecule has 0 aromatic heterocycles. The summed E-state index contributed by atoms with van der Waals surface area (Å²) in [5.74, 6) is 0.0392. The van der Waals surface area contributed by atoms with Crippen LogP contribution in [0.15, 0.2) is 18.2 Å². The highest BCUT2D eigenvalue weighted by Crippen LogP contribution is 2.10. The van der Waals surface area contributed by atoms with Crippen molar-refractivity contribution in [2.75, 3.05) is 20.2 Å². The van der Waals surface area contributed by atoms with Crippen LogP contribution in [0.5, 0.6) is 0 Å². The lowest BCUT2D eigenvalue weighted by molar-refractivity contribution is -0.129. The predicted molar refractivity (Wildman–Crippen MR) is 64.3 cm³/mol. The second-order valence-corrected chi connectivity index (χ2v) is 4.13. The van der Waals surface area contributed by atoms with E-state index in [0.29, 0.717) is 13.0 Å². The molecule has 0 unspecified atom stereocenters. The largest absolute Gasteiger partial charge is 0.395 e. The molecule has 0 aliphatic carbocycles. The Morgan fingerprint density at radius 2 is 2.00 bits per heavy atom. The van der Waals surface area contributed by atoms with Crippen molar-refractivity contribution in [3.05, 3.63) is 34.9 Å². The average molecular weight is 221 g/mol. The van der Waals surface area contributed by atoms with Gasteiger partial charge in [-0.2, -0.15) is 0 Å². The second kappa shape index (κ2) is 5.66. The Labute approximate surface area is 96.7 Å². The zero-order valence-electron chi connectivity index (χ0n) is 10.2. The number of carbonyl (C=O) groups excluding carboxylic acids is 1. The second-order valence-electron chi connectivity index (χ2n) is 4.13. The van der Waals surface area contributed by atoms with Crippen molar-refractivity contribution in [1.29, 1.82) is 0 Å². The summed E-state index contributed by atoms with van der Waals surface area (Å²) >= 11 is 0. The van der Waals surface area contributed by atoms with E-state index < -0.39 is 0 Å². The SMILES string of the molecule is Cc1ccc(CC(=O)N(C)CCO)cc1C. The van der Waals surface area contributed by atoms with Crippen molar-refractivity contribution < 1.29 is 9.90 Å². The third-order valence-electron chi connectivity index (χ3n) is 2.79. The minimum atomic E-state index is 0.00909. The van der Waals surface area contributed by atoms with Gasteiger partial charge >= 0.3 is 0 Å². The average Bonchev–Trinajstić information content (AvgIpc) is 2.24. The molecule has 1 amide bonds. The zero-order chi connectivity index (χ0) is 12.1. The molecule has 0 atom stereocenters. The molecule has 1 N–H and O–H groups in total. The molecule has 0 fully saturated rings. The first kappa shape index (κ1) is 12.7. The fourth-order valence-corrected chi connectivity index (χ4v) is 1.50. The molecule has 0 heterocycles. The van der Waals surface area contributed by atoms with Crippen LogP contribution in [0.4, 0.5) is 0 Å². The third-order valence-corrected chi connectivity index (χ3v) is 2.79. The Balaban J connectivity index is 2.66. The number of hydrogen-bond donors (Lipinski definition) is 1. The normalized spacial score (nSPS) is 10.2. The van der Waals surface area contributed by atoms with Gasteiger partial charge in [-0.3, -0.25) is 4.79 Å². The number of likely N-dealkylation sites (N-methyl/N-ethyl adjacent to an activating group) is 1. The topological polar surface area (TPSA) is 40.5 Å². The summed E-state index contributed by atoms with van der Waals surface area (Å²) in [6.07, 6.45) is 0.400. The van der Waals surface area contributed by atoms with Gasteiger partial charge in [-0.25, -0.2) is 0 Å². The smallest absolute Gasteiger partial charge is 0.226 e. The standard InChI is InChI=1S/C13H19NO2/c1-10-4-5-12(8-11(10)2)9-13(16)14(3)6-7-15/h4-5,8,15H,6-7,9H2,1-3H3. The molecule has 16 heavy (non-hydrogen) atoms. The number of aryl methyl sites for hydroxylation is 2. The highest BCUT2D eigenvalue weighted by molar-refractivity contribution is 5.78. The predicted octanol–water partition coefficient (Wildman–Crippen LogP) is 1.30. The maximum Gasteiger partial charge on any atom is 0.226 e. The summed E-state index contributed by atoms with van der Waals surface area (Å²) in [5.41, 5.74) is 3.47. The lowest BCUT2D eigenvalue weighted by atomic mass is 10.0. The molecule has 0 aliphatic rings. The van der Waals surface area contributed by atoms with Gasteiger partial charge < -0.3 is 10.0 Å². The molecule has 1 aromatic carbocycles. The van der Waals surface area contributed by atoms with Crippen molar-refractivity contribution in [3.8, 4) is 0 Å². The molecule has 0 radical (unpaired) electrons. The van der Waals surface area contributed by atoms with Crippen LogP contribution >= 0.6 is 0 Å². The molecule has 0 bridgehead atoms. The van der Waals surface area contributed by atoms with Crippen LogP contribution in [-0.4, -0.2) is 36.1 Å². The van der Waals surface area contributed by atoms with E-state index in [1.807, 2.05) is 25.1 Å². The summed E-state index contributed by atoms with van der Waals surface area (Å²) in [6.45, 7) is 4.50. The van der Waals surface area contributed by atoms with E-state index >= 15 is 0 Å². The minimum Gasteiger partial charge on any atom is -0.395 e. The van der Waals surface area contributed by atoms with Crippen LogP contribution < -0.4 is 0 Å². The number of hydrogen-bond acceptors (Lipinski definition) is 2. The number of carbonyl (C=O) groups is 1. The molecule has 1 rings (SSSR count). The van der Waals surface area contributed by atoms with Gasteiger partial charge in [0.25, 0.3) is 0 Å². The first-order valence-corrected chi connectivity index (χ1v) is 5.45. The Bertz CT molecular complexity index is 374. The molecular formula is C13H19NO2. The number of aliphatic hydroxyl groups is 1. The van der Waals surface area contributed by atoms with E-state index in [1.54, 1.807) is 11.9 Å². The van der Waals surface area contributed by atoms with Crippen LogP contribution in [0.1, 0.15) is 16.7 Å². The number of nitrogens with zero attached hydrogens (tertiary/aromatic N) is 1. The van der Waals surface area contributed by atoms with Crippen LogP contribution in [0.2, 0.25) is 0 Å². The van der Waals surface area contributed by atoms with Gasteiger partial charge in [0, 0.05) is 13.6 Å². The van der Waals surface area contributed by atoms with Crippen LogP contribution in [0.25, 0.3) is 0 Å². The molecular weight excluding hydrogens is 202 g/mol. The van der Waals surface area contributed by atoms with Gasteiger partial charge in [0.1, 0.15) is 0 Å². The van der Waals surface area contributed by atoms with E-state index in [0.717, 1.165) is 5.56 Å². The Morgan fingerprint density at radius 1 is 1.31 bits per heavy atom. The van der Waals surface area contributed by atoms with E-state index in [-0.39, 0.29) is 12.5 Å². The van der Waals surface area contributed by atoms with Crippen molar-refractivity contribution in [1.82, 2.24) is 4.90 Å². The Morgan fingerprint density at radius 3 is 2.56 bits per heavy atom. The van der Waals surface area contributed by atoms with Crippen LogP contribution in [0, 0.1) is 13.8 Å². The fourth-order valence-electron chi connectivity index (χ4n) is 1.50. The molecule has 3 nitrogen and oxygen atoms in total. The van der Waals surface area contributed by atoms with Gasteiger partial charge in [-0.05, 0) is 30.5 Å². The summed E-state index contributed by atoms with van der Waals surface area (Å²) in [5, 5.41) is 8.74. The molecule has 88 valence electrons. The molecule has 0 spiro atoms. The van der Waals surface area contributed by atoms with Crippen molar-refractivity contribution >= 4 is 5.91 Å². The summed E-state index contributed by atoms with van der Waals surface area (Å²) < 4.78 is 0. The van der Waals surface area contributed by atoms with Crippen LogP contribution in [-0.2, 0) is 11.2 Å². The number of aliphatic hydroxyl groups excluding tert-OH is 1. The Kier molecular flexibility index (Phi) is 4.50. The maximum atomic E-state index is 11.7. The Hall–Kier alpha value is -1.35.